The van der Waals surface area contributed by atoms with E-state index in [-0.39, 0.29) is 12.3 Å². The lowest BCUT2D eigenvalue weighted by Gasteiger charge is -2.18. The summed E-state index contributed by atoms with van der Waals surface area (Å²) in [6.07, 6.45) is 0.322. The molecule has 4 rings (SSSR count). The number of ether oxygens (including phenoxy) is 2. The number of hydrogen-bond donors (Lipinski definition) is 0. The van der Waals surface area contributed by atoms with Gasteiger partial charge < -0.3 is 13.9 Å². The van der Waals surface area contributed by atoms with Crippen molar-refractivity contribution in [1.29, 1.82) is 0 Å². The minimum Gasteiger partial charge on any atom is -0.494 e. The Morgan fingerprint density at radius 1 is 1.06 bits per heavy atom. The molecule has 0 fully saturated rings. The third-order valence-electron chi connectivity index (χ3n) is 4.36. The SMILES string of the molecule is COc1cc(-c2ccccc2)cc2sc(Cc3nnc(CC(=O)OC(C)(C)C)o3)nc12. The Bertz CT molecular complexity index is 1210. The van der Waals surface area contributed by atoms with Gasteiger partial charge in [-0.15, -0.1) is 21.5 Å². The first kappa shape index (κ1) is 21.0. The van der Waals surface area contributed by atoms with Crippen molar-refractivity contribution in [3.8, 4) is 16.9 Å². The fraction of sp³-hybridized carbons (Fsp3) is 0.304. The molecule has 8 heteroatoms. The van der Waals surface area contributed by atoms with E-state index in [0.29, 0.717) is 12.3 Å². The summed E-state index contributed by atoms with van der Waals surface area (Å²) in [6, 6.07) is 14.2. The highest BCUT2D eigenvalue weighted by atomic mass is 32.1. The summed E-state index contributed by atoms with van der Waals surface area (Å²) >= 11 is 1.55. The Labute approximate surface area is 184 Å². The van der Waals surface area contributed by atoms with Crippen molar-refractivity contribution in [3.63, 3.8) is 0 Å². The van der Waals surface area contributed by atoms with Crippen LogP contribution in [0.4, 0.5) is 0 Å². The van der Waals surface area contributed by atoms with Crippen LogP contribution in [0.25, 0.3) is 21.3 Å². The quantitative estimate of drug-likeness (QED) is 0.399. The van der Waals surface area contributed by atoms with Crippen LogP contribution in [0.15, 0.2) is 46.9 Å². The van der Waals surface area contributed by atoms with Gasteiger partial charge in [0.2, 0.25) is 11.8 Å². The van der Waals surface area contributed by atoms with Crippen LogP contribution >= 0.6 is 11.3 Å². The first-order chi connectivity index (χ1) is 14.8. The minimum absolute atomic E-state index is 0.0572. The summed E-state index contributed by atoms with van der Waals surface area (Å²) in [6.45, 7) is 5.44. The van der Waals surface area contributed by atoms with E-state index in [2.05, 4.69) is 28.4 Å². The van der Waals surface area contributed by atoms with E-state index < -0.39 is 11.6 Å². The monoisotopic (exact) mass is 437 g/mol. The number of thiazole rings is 1. The molecule has 0 aliphatic rings. The maximum absolute atomic E-state index is 12.0. The van der Waals surface area contributed by atoms with Crippen LogP contribution in [0.1, 0.15) is 37.6 Å². The zero-order chi connectivity index (χ0) is 22.0. The van der Waals surface area contributed by atoms with E-state index in [4.69, 9.17) is 18.9 Å². The van der Waals surface area contributed by atoms with Crippen molar-refractivity contribution in [1.82, 2.24) is 15.2 Å². The molecule has 0 amide bonds. The number of methoxy groups -OCH3 is 1. The van der Waals surface area contributed by atoms with Gasteiger partial charge in [-0.2, -0.15) is 0 Å². The number of benzene rings is 2. The molecule has 0 unspecified atom stereocenters. The third-order valence-corrected chi connectivity index (χ3v) is 5.36. The van der Waals surface area contributed by atoms with Crippen molar-refractivity contribution in [2.75, 3.05) is 7.11 Å². The average molecular weight is 438 g/mol. The molecule has 0 radical (unpaired) electrons. The molecule has 0 spiro atoms. The van der Waals surface area contributed by atoms with Gasteiger partial charge in [-0.25, -0.2) is 4.98 Å². The van der Waals surface area contributed by atoms with Gasteiger partial charge in [-0.05, 0) is 44.0 Å². The lowest BCUT2D eigenvalue weighted by Crippen LogP contribution is -2.24. The molecule has 0 aliphatic heterocycles. The second kappa shape index (κ2) is 8.47. The normalized spacial score (nSPS) is 11.6. The topological polar surface area (TPSA) is 87.3 Å². The van der Waals surface area contributed by atoms with Gasteiger partial charge in [0.05, 0.1) is 18.2 Å². The number of carbonyl (C=O) groups excluding carboxylic acids is 1. The maximum atomic E-state index is 12.0. The number of carbonyl (C=O) groups is 1. The maximum Gasteiger partial charge on any atom is 0.315 e. The van der Waals surface area contributed by atoms with Crippen LogP contribution in [0.3, 0.4) is 0 Å². The molecule has 4 aromatic rings. The van der Waals surface area contributed by atoms with Gasteiger partial charge >= 0.3 is 5.97 Å². The zero-order valence-corrected chi connectivity index (χ0v) is 18.7. The lowest BCUT2D eigenvalue weighted by atomic mass is 10.1. The van der Waals surface area contributed by atoms with Crippen LogP contribution in [0.5, 0.6) is 5.75 Å². The van der Waals surface area contributed by atoms with Gasteiger partial charge in [-0.3, -0.25) is 4.79 Å². The average Bonchev–Trinajstić information content (AvgIpc) is 3.32. The smallest absolute Gasteiger partial charge is 0.315 e. The van der Waals surface area contributed by atoms with E-state index in [1.807, 2.05) is 45.0 Å². The van der Waals surface area contributed by atoms with Crippen LogP contribution in [0.2, 0.25) is 0 Å². The molecular weight excluding hydrogens is 414 g/mol. The summed E-state index contributed by atoms with van der Waals surface area (Å²) in [5.74, 6) is 0.949. The molecule has 2 aromatic carbocycles. The predicted octanol–water partition coefficient (Wildman–Crippen LogP) is 4.83. The predicted molar refractivity (Wildman–Crippen MR) is 118 cm³/mol. The van der Waals surface area contributed by atoms with Crippen molar-refractivity contribution in [2.24, 2.45) is 0 Å². The second-order valence-corrected chi connectivity index (χ2v) is 9.14. The molecule has 7 nitrogen and oxygen atoms in total. The molecule has 0 aliphatic carbocycles. The Kier molecular flexibility index (Phi) is 5.73. The van der Waals surface area contributed by atoms with Crippen LogP contribution in [-0.2, 0) is 22.4 Å². The van der Waals surface area contributed by atoms with E-state index in [9.17, 15) is 4.79 Å². The lowest BCUT2D eigenvalue weighted by molar-refractivity contribution is -0.154. The van der Waals surface area contributed by atoms with Crippen LogP contribution in [0, 0.1) is 0 Å². The number of esters is 1. The molecule has 0 atom stereocenters. The van der Waals surface area contributed by atoms with Crippen LogP contribution < -0.4 is 4.74 Å². The summed E-state index contributed by atoms with van der Waals surface area (Å²) in [5, 5.41) is 8.83. The van der Waals surface area contributed by atoms with Crippen molar-refractivity contribution >= 4 is 27.5 Å². The molecule has 0 bridgehead atoms. The Morgan fingerprint density at radius 2 is 1.81 bits per heavy atom. The first-order valence-corrected chi connectivity index (χ1v) is 10.7. The summed E-state index contributed by atoms with van der Waals surface area (Å²) in [4.78, 5) is 16.7. The fourth-order valence-corrected chi connectivity index (χ4v) is 4.15. The third kappa shape index (κ3) is 5.08. The van der Waals surface area contributed by atoms with Gasteiger partial charge in [0, 0.05) is 0 Å². The second-order valence-electron chi connectivity index (χ2n) is 8.03. The highest BCUT2D eigenvalue weighted by molar-refractivity contribution is 7.18. The number of aromatic nitrogens is 3. The summed E-state index contributed by atoms with van der Waals surface area (Å²) in [7, 11) is 1.64. The molecule has 0 N–H and O–H groups in total. The standard InChI is InChI=1S/C23H23N3O4S/c1-23(2,3)30-21(27)13-19-26-25-18(29-19)12-20-24-22-16(28-4)10-15(11-17(22)31-20)14-8-6-5-7-9-14/h5-11H,12-13H2,1-4H3. The molecule has 2 aromatic heterocycles. The van der Waals surface area contributed by atoms with Gasteiger partial charge in [0.15, 0.2) is 0 Å². The number of nitrogens with zero attached hydrogens (tertiary/aromatic N) is 3. The Hall–Kier alpha value is -3.26. The van der Waals surface area contributed by atoms with E-state index in [1.54, 1.807) is 18.4 Å². The molecule has 2 heterocycles. The van der Waals surface area contributed by atoms with E-state index in [0.717, 1.165) is 32.1 Å². The Morgan fingerprint density at radius 3 is 2.52 bits per heavy atom. The molecule has 0 saturated carbocycles. The fourth-order valence-electron chi connectivity index (χ4n) is 3.13. The number of rotatable bonds is 6. The van der Waals surface area contributed by atoms with Gasteiger partial charge in [-0.1, -0.05) is 30.3 Å². The van der Waals surface area contributed by atoms with Gasteiger partial charge in [0.25, 0.3) is 0 Å². The van der Waals surface area contributed by atoms with Crippen molar-refractivity contribution < 1.29 is 18.7 Å². The highest BCUT2D eigenvalue weighted by Gasteiger charge is 2.20. The molecule has 31 heavy (non-hydrogen) atoms. The van der Waals surface area contributed by atoms with Crippen molar-refractivity contribution in [3.05, 3.63) is 59.3 Å². The van der Waals surface area contributed by atoms with Gasteiger partial charge in [0.1, 0.15) is 28.3 Å². The summed E-state index contributed by atoms with van der Waals surface area (Å²) < 4.78 is 17.5. The van der Waals surface area contributed by atoms with Crippen LogP contribution in [-0.4, -0.2) is 33.9 Å². The Balaban J connectivity index is 1.54. The van der Waals surface area contributed by atoms with E-state index >= 15 is 0 Å². The molecular formula is C23H23N3O4S. The number of hydrogen-bond acceptors (Lipinski definition) is 8. The highest BCUT2D eigenvalue weighted by Crippen LogP contribution is 2.35. The largest absolute Gasteiger partial charge is 0.494 e. The first-order valence-electron chi connectivity index (χ1n) is 9.87. The van der Waals surface area contributed by atoms with Crippen molar-refractivity contribution in [2.45, 2.75) is 39.2 Å². The minimum atomic E-state index is -0.557. The van der Waals surface area contributed by atoms with E-state index in [1.165, 1.54) is 0 Å². The number of fused-ring (bicyclic) bond motifs is 1. The molecule has 160 valence electrons. The summed E-state index contributed by atoms with van der Waals surface area (Å²) in [5.41, 5.74) is 2.42. The zero-order valence-electron chi connectivity index (χ0n) is 17.8. The molecule has 0 saturated heterocycles.